The third-order valence-electron chi connectivity index (χ3n) is 4.75. The Morgan fingerprint density at radius 3 is 2.52 bits per heavy atom. The summed E-state index contributed by atoms with van der Waals surface area (Å²) in [5.41, 5.74) is 14.6. The van der Waals surface area contributed by atoms with Crippen LogP contribution in [-0.2, 0) is 0 Å². The SMILES string of the molecule is C/C(=N\Nc1cccc(Cl)c1)c1c(N=[N+]=[N-])c2ccccc2n(-c2ccccc2)c1=O. The summed E-state index contributed by atoms with van der Waals surface area (Å²) in [6.45, 7) is 1.69. The topological polar surface area (TPSA) is 95.2 Å². The van der Waals surface area contributed by atoms with Crippen molar-refractivity contribution in [1.82, 2.24) is 4.57 Å². The minimum Gasteiger partial charge on any atom is -0.278 e. The Hall–Kier alpha value is -4.06. The molecule has 0 aliphatic carbocycles. The van der Waals surface area contributed by atoms with Crippen LogP contribution in [0, 0.1) is 0 Å². The number of azide groups is 1. The fourth-order valence-corrected chi connectivity index (χ4v) is 3.59. The number of para-hydroxylation sites is 2. The highest BCUT2D eigenvalue weighted by Gasteiger charge is 2.19. The molecule has 31 heavy (non-hydrogen) atoms. The first-order valence-electron chi connectivity index (χ1n) is 9.44. The number of rotatable bonds is 5. The van der Waals surface area contributed by atoms with Crippen LogP contribution in [0.3, 0.4) is 0 Å². The number of pyridine rings is 1. The number of hydrazone groups is 1. The lowest BCUT2D eigenvalue weighted by molar-refractivity contribution is 1.03. The zero-order valence-corrected chi connectivity index (χ0v) is 17.3. The number of halogens is 1. The number of nitrogens with one attached hydrogen (secondary N) is 1. The van der Waals surface area contributed by atoms with Crippen LogP contribution in [0.5, 0.6) is 0 Å². The van der Waals surface area contributed by atoms with Gasteiger partial charge in [-0.3, -0.25) is 14.8 Å². The van der Waals surface area contributed by atoms with Crippen molar-refractivity contribution >= 4 is 39.6 Å². The summed E-state index contributed by atoms with van der Waals surface area (Å²) in [7, 11) is 0. The van der Waals surface area contributed by atoms with Gasteiger partial charge < -0.3 is 0 Å². The second-order valence-electron chi connectivity index (χ2n) is 6.73. The molecule has 0 aliphatic rings. The molecule has 0 saturated carbocycles. The molecule has 0 atom stereocenters. The number of hydrogen-bond acceptors (Lipinski definition) is 4. The van der Waals surface area contributed by atoms with E-state index >= 15 is 0 Å². The molecule has 1 aromatic heterocycles. The predicted octanol–water partition coefficient (Wildman–Crippen LogP) is 6.42. The van der Waals surface area contributed by atoms with E-state index in [1.807, 2.05) is 54.6 Å². The molecule has 152 valence electrons. The van der Waals surface area contributed by atoms with Crippen LogP contribution >= 0.6 is 11.6 Å². The van der Waals surface area contributed by atoms with Gasteiger partial charge in [-0.2, -0.15) is 5.10 Å². The van der Waals surface area contributed by atoms with Crippen LogP contribution in [-0.4, -0.2) is 10.3 Å². The minimum atomic E-state index is -0.332. The number of hydrogen-bond donors (Lipinski definition) is 1. The lowest BCUT2D eigenvalue weighted by atomic mass is 10.1. The molecule has 1 N–H and O–H groups in total. The fourth-order valence-electron chi connectivity index (χ4n) is 3.40. The van der Waals surface area contributed by atoms with Gasteiger partial charge in [-0.25, -0.2) is 0 Å². The van der Waals surface area contributed by atoms with Crippen molar-refractivity contribution in [3.05, 3.63) is 110 Å². The van der Waals surface area contributed by atoms with Gasteiger partial charge in [0.15, 0.2) is 0 Å². The van der Waals surface area contributed by atoms with E-state index in [2.05, 4.69) is 20.6 Å². The Kier molecular flexibility index (Phi) is 5.71. The lowest BCUT2D eigenvalue weighted by Gasteiger charge is -2.16. The molecule has 0 aliphatic heterocycles. The number of anilines is 1. The maximum atomic E-state index is 13.6. The van der Waals surface area contributed by atoms with Crippen molar-refractivity contribution in [3.63, 3.8) is 0 Å². The molecule has 4 aromatic rings. The van der Waals surface area contributed by atoms with E-state index in [0.29, 0.717) is 33.0 Å². The summed E-state index contributed by atoms with van der Waals surface area (Å²) in [4.78, 5) is 16.6. The molecule has 8 heteroatoms. The van der Waals surface area contributed by atoms with E-state index in [0.717, 1.165) is 0 Å². The Bertz CT molecular complexity index is 1410. The zero-order chi connectivity index (χ0) is 21.8. The van der Waals surface area contributed by atoms with E-state index in [9.17, 15) is 10.3 Å². The summed E-state index contributed by atoms with van der Waals surface area (Å²) >= 11 is 6.03. The van der Waals surface area contributed by atoms with E-state index < -0.39 is 0 Å². The largest absolute Gasteiger partial charge is 0.278 e. The monoisotopic (exact) mass is 428 g/mol. The highest BCUT2D eigenvalue weighted by Crippen LogP contribution is 2.30. The van der Waals surface area contributed by atoms with Crippen molar-refractivity contribution in [2.24, 2.45) is 10.2 Å². The molecule has 0 radical (unpaired) electrons. The van der Waals surface area contributed by atoms with Crippen LogP contribution in [0.25, 0.3) is 27.0 Å². The average molecular weight is 429 g/mol. The van der Waals surface area contributed by atoms with Crippen LogP contribution < -0.4 is 11.0 Å². The normalized spacial score (nSPS) is 11.2. The molecule has 4 rings (SSSR count). The number of fused-ring (bicyclic) bond motifs is 1. The highest BCUT2D eigenvalue weighted by molar-refractivity contribution is 6.30. The van der Waals surface area contributed by atoms with Crippen molar-refractivity contribution in [3.8, 4) is 5.69 Å². The first-order valence-corrected chi connectivity index (χ1v) is 9.82. The van der Waals surface area contributed by atoms with Crippen molar-refractivity contribution in [2.45, 2.75) is 6.92 Å². The van der Waals surface area contributed by atoms with Gasteiger partial charge in [-0.1, -0.05) is 59.2 Å². The quantitative estimate of drug-likeness (QED) is 0.130. The van der Waals surface area contributed by atoms with E-state index in [1.54, 1.807) is 35.8 Å². The summed E-state index contributed by atoms with van der Waals surface area (Å²) in [6, 6.07) is 23.7. The summed E-state index contributed by atoms with van der Waals surface area (Å²) in [5.74, 6) is 0. The Morgan fingerprint density at radius 2 is 1.77 bits per heavy atom. The molecule has 0 unspecified atom stereocenters. The van der Waals surface area contributed by atoms with Crippen molar-refractivity contribution in [2.75, 3.05) is 5.43 Å². The lowest BCUT2D eigenvalue weighted by Crippen LogP contribution is -2.25. The third kappa shape index (κ3) is 4.00. The number of benzene rings is 3. The van der Waals surface area contributed by atoms with Crippen LogP contribution in [0.4, 0.5) is 11.4 Å². The molecule has 0 saturated heterocycles. The third-order valence-corrected chi connectivity index (χ3v) is 4.99. The van der Waals surface area contributed by atoms with E-state index in [-0.39, 0.29) is 16.8 Å². The van der Waals surface area contributed by atoms with Gasteiger partial charge in [0.2, 0.25) is 0 Å². The molecular formula is C23H17ClN6O. The number of aromatic nitrogens is 1. The molecule has 0 spiro atoms. The standard InChI is InChI=1S/C23H17ClN6O/c1-15(26-27-17-9-7-8-16(24)14-17)21-22(28-29-25)19-12-5-6-13-20(19)30(23(21)31)18-10-3-2-4-11-18/h2-14,27H,1H3/b26-15+. The van der Waals surface area contributed by atoms with Gasteiger partial charge in [0, 0.05) is 21.0 Å². The number of nitrogens with zero attached hydrogens (tertiary/aromatic N) is 5. The highest BCUT2D eigenvalue weighted by atomic mass is 35.5. The van der Waals surface area contributed by atoms with Gasteiger partial charge >= 0.3 is 0 Å². The van der Waals surface area contributed by atoms with Crippen molar-refractivity contribution in [1.29, 1.82) is 0 Å². The predicted molar refractivity (Wildman–Crippen MR) is 126 cm³/mol. The van der Waals surface area contributed by atoms with Gasteiger partial charge in [-0.05, 0) is 48.9 Å². The Balaban J connectivity index is 1.98. The van der Waals surface area contributed by atoms with Crippen LogP contribution in [0.15, 0.2) is 93.9 Å². The Labute approximate surface area is 182 Å². The summed E-state index contributed by atoms with van der Waals surface area (Å²) in [5, 5.41) is 9.43. The van der Waals surface area contributed by atoms with Crippen molar-refractivity contribution < 1.29 is 0 Å². The van der Waals surface area contributed by atoms with E-state index in [4.69, 9.17) is 11.6 Å². The Morgan fingerprint density at radius 1 is 1.03 bits per heavy atom. The average Bonchev–Trinajstić information content (AvgIpc) is 2.78. The smallest absolute Gasteiger partial charge is 0.265 e. The van der Waals surface area contributed by atoms with Crippen LogP contribution in [0.2, 0.25) is 5.02 Å². The first kappa shape index (κ1) is 20.2. The molecule has 0 fully saturated rings. The molecule has 1 heterocycles. The summed E-state index contributed by atoms with van der Waals surface area (Å²) < 4.78 is 1.60. The molecule has 7 nitrogen and oxygen atoms in total. The molecule has 3 aromatic carbocycles. The van der Waals surface area contributed by atoms with E-state index in [1.165, 1.54) is 0 Å². The molecule has 0 amide bonds. The van der Waals surface area contributed by atoms with Gasteiger partial charge in [0.05, 0.1) is 28.2 Å². The maximum absolute atomic E-state index is 13.6. The minimum absolute atomic E-state index is 0.217. The maximum Gasteiger partial charge on any atom is 0.265 e. The zero-order valence-electron chi connectivity index (χ0n) is 16.5. The summed E-state index contributed by atoms with van der Waals surface area (Å²) in [6.07, 6.45) is 0. The second-order valence-corrected chi connectivity index (χ2v) is 7.16. The fraction of sp³-hybridized carbons (Fsp3) is 0.0435. The first-order chi connectivity index (χ1) is 15.1. The van der Waals surface area contributed by atoms with Crippen LogP contribution in [0.1, 0.15) is 12.5 Å². The molecular weight excluding hydrogens is 412 g/mol. The van der Waals surface area contributed by atoms with Gasteiger partial charge in [0.1, 0.15) is 0 Å². The van der Waals surface area contributed by atoms with Gasteiger partial charge in [0.25, 0.3) is 5.56 Å². The molecule has 0 bridgehead atoms. The second kappa shape index (κ2) is 8.75. The van der Waals surface area contributed by atoms with Gasteiger partial charge in [-0.15, -0.1) is 0 Å².